The van der Waals surface area contributed by atoms with Crippen LogP contribution >= 0.6 is 23.4 Å². The molecule has 1 heterocycles. The number of carboxylic acids is 1. The van der Waals surface area contributed by atoms with E-state index < -0.39 is 12.0 Å². The van der Waals surface area contributed by atoms with Gasteiger partial charge in [-0.15, -0.1) is 0 Å². The van der Waals surface area contributed by atoms with Crippen molar-refractivity contribution in [1.29, 1.82) is 0 Å². The van der Waals surface area contributed by atoms with Gasteiger partial charge in [-0.05, 0) is 56.6 Å². The molecular weight excluding hydrogens is 370 g/mol. The van der Waals surface area contributed by atoms with E-state index in [1.807, 2.05) is 60.4 Å². The zero-order valence-corrected chi connectivity index (χ0v) is 16.2. The van der Waals surface area contributed by atoms with E-state index in [2.05, 4.69) is 0 Å². The molecule has 0 aliphatic carbocycles. The Morgan fingerprint density at radius 3 is 2.92 bits per heavy atom. The van der Waals surface area contributed by atoms with E-state index in [1.54, 1.807) is 11.8 Å². The lowest BCUT2D eigenvalue weighted by atomic mass is 10.2. The monoisotopic (exact) mass is 391 g/mol. The molecule has 2 aromatic carbocycles. The lowest BCUT2D eigenvalue weighted by Crippen LogP contribution is -2.41. The topological polar surface area (TPSA) is 49.8 Å². The van der Waals surface area contributed by atoms with Crippen LogP contribution in [0.1, 0.15) is 19.8 Å². The Hall–Kier alpha value is -1.69. The fourth-order valence-electron chi connectivity index (χ4n) is 3.20. The summed E-state index contributed by atoms with van der Waals surface area (Å²) in [5, 5.41) is 10.0. The molecule has 4 nitrogen and oxygen atoms in total. The molecule has 0 bridgehead atoms. The van der Waals surface area contributed by atoms with E-state index >= 15 is 0 Å². The highest BCUT2D eigenvalue weighted by Gasteiger charge is 2.31. The van der Waals surface area contributed by atoms with Crippen LogP contribution < -0.4 is 4.74 Å². The summed E-state index contributed by atoms with van der Waals surface area (Å²) in [5.41, 5.74) is 0. The molecule has 1 saturated heterocycles. The molecule has 0 amide bonds. The van der Waals surface area contributed by atoms with Crippen LogP contribution in [0.5, 0.6) is 5.75 Å². The molecule has 138 valence electrons. The minimum atomic E-state index is -0.744. The first-order valence-electron chi connectivity index (χ1n) is 8.69. The van der Waals surface area contributed by atoms with Crippen molar-refractivity contribution in [2.75, 3.05) is 13.1 Å². The van der Waals surface area contributed by atoms with Crippen LogP contribution in [0, 0.1) is 0 Å². The summed E-state index contributed by atoms with van der Waals surface area (Å²) in [4.78, 5) is 15.4. The number of aliphatic carboxylic acids is 1. The number of carbonyl (C=O) groups is 1. The molecular formula is C20H22ClNO3S. The zero-order chi connectivity index (χ0) is 18.5. The Morgan fingerprint density at radius 1 is 1.35 bits per heavy atom. The molecule has 1 unspecified atom stereocenters. The van der Waals surface area contributed by atoms with E-state index in [-0.39, 0.29) is 6.10 Å². The molecule has 26 heavy (non-hydrogen) atoms. The van der Waals surface area contributed by atoms with Gasteiger partial charge in [0.2, 0.25) is 0 Å². The first-order valence-corrected chi connectivity index (χ1v) is 9.88. The van der Waals surface area contributed by atoms with Crippen LogP contribution in [0.2, 0.25) is 5.02 Å². The molecule has 0 aromatic heterocycles. The first kappa shape index (κ1) is 19.1. The van der Waals surface area contributed by atoms with Gasteiger partial charge in [0, 0.05) is 16.5 Å². The SMILES string of the molecule is CC(CN1CCC[C@H]1C(=O)O)Oc1ccccc1Sc1cccc(Cl)c1. The van der Waals surface area contributed by atoms with Gasteiger partial charge in [-0.3, -0.25) is 9.69 Å². The highest BCUT2D eigenvalue weighted by Crippen LogP contribution is 2.36. The lowest BCUT2D eigenvalue weighted by Gasteiger charge is -2.25. The van der Waals surface area contributed by atoms with E-state index in [0.29, 0.717) is 18.0 Å². The fourth-order valence-corrected chi connectivity index (χ4v) is 4.40. The van der Waals surface area contributed by atoms with Crippen LogP contribution in [-0.2, 0) is 4.79 Å². The molecule has 2 atom stereocenters. The van der Waals surface area contributed by atoms with Gasteiger partial charge < -0.3 is 9.84 Å². The largest absolute Gasteiger partial charge is 0.488 e. The number of nitrogens with zero attached hydrogens (tertiary/aromatic N) is 1. The summed E-state index contributed by atoms with van der Waals surface area (Å²) >= 11 is 7.67. The van der Waals surface area contributed by atoms with E-state index in [0.717, 1.165) is 28.5 Å². The van der Waals surface area contributed by atoms with Crippen molar-refractivity contribution in [1.82, 2.24) is 4.90 Å². The normalized spacial score (nSPS) is 18.6. The summed E-state index contributed by atoms with van der Waals surface area (Å²) < 4.78 is 6.15. The van der Waals surface area contributed by atoms with Gasteiger partial charge in [0.1, 0.15) is 17.9 Å². The average molecular weight is 392 g/mol. The summed E-state index contributed by atoms with van der Waals surface area (Å²) in [5.74, 6) is 0.0580. The summed E-state index contributed by atoms with van der Waals surface area (Å²) in [6.07, 6.45) is 1.53. The van der Waals surface area contributed by atoms with Gasteiger partial charge in [0.25, 0.3) is 0 Å². The van der Waals surface area contributed by atoms with Crippen LogP contribution in [-0.4, -0.2) is 41.2 Å². The predicted molar refractivity (Wildman–Crippen MR) is 104 cm³/mol. The van der Waals surface area contributed by atoms with Crippen molar-refractivity contribution >= 4 is 29.3 Å². The Kier molecular flexibility index (Phi) is 6.46. The Morgan fingerprint density at radius 2 is 2.15 bits per heavy atom. The van der Waals surface area contributed by atoms with Gasteiger partial charge in [-0.25, -0.2) is 0 Å². The highest BCUT2D eigenvalue weighted by atomic mass is 35.5. The smallest absolute Gasteiger partial charge is 0.320 e. The minimum Gasteiger partial charge on any atom is -0.488 e. The summed E-state index contributed by atoms with van der Waals surface area (Å²) in [7, 11) is 0. The van der Waals surface area contributed by atoms with E-state index in [9.17, 15) is 9.90 Å². The standard InChI is InChI=1S/C20H22ClNO3S/c1-14(13-22-11-5-8-17(22)20(23)24)25-18-9-2-3-10-19(18)26-16-7-4-6-15(21)12-16/h2-4,6-7,9-10,12,14,17H,5,8,11,13H2,1H3,(H,23,24)/t14?,17-/m0/s1. The maximum atomic E-state index is 11.3. The minimum absolute atomic E-state index is 0.101. The Labute approximate surface area is 163 Å². The van der Waals surface area contributed by atoms with E-state index in [4.69, 9.17) is 16.3 Å². The molecule has 1 aliphatic rings. The maximum absolute atomic E-state index is 11.3. The number of halogens is 1. The number of benzene rings is 2. The molecule has 0 saturated carbocycles. The summed E-state index contributed by atoms with van der Waals surface area (Å²) in [6, 6.07) is 15.2. The molecule has 1 N–H and O–H groups in total. The van der Waals surface area contributed by atoms with Crippen LogP contribution in [0.25, 0.3) is 0 Å². The number of hydrogen-bond donors (Lipinski definition) is 1. The van der Waals surface area contributed by atoms with Crippen molar-refractivity contribution in [3.63, 3.8) is 0 Å². The van der Waals surface area contributed by atoms with Gasteiger partial charge in [-0.2, -0.15) is 0 Å². The van der Waals surface area contributed by atoms with Gasteiger partial charge >= 0.3 is 5.97 Å². The maximum Gasteiger partial charge on any atom is 0.320 e. The van der Waals surface area contributed by atoms with E-state index in [1.165, 1.54) is 0 Å². The molecule has 6 heteroatoms. The van der Waals surface area contributed by atoms with Crippen molar-refractivity contribution in [3.05, 3.63) is 53.6 Å². The zero-order valence-electron chi connectivity index (χ0n) is 14.6. The quantitative estimate of drug-likeness (QED) is 0.734. The number of rotatable bonds is 7. The molecule has 2 aromatic rings. The number of ether oxygens (including phenoxy) is 1. The van der Waals surface area contributed by atoms with Gasteiger partial charge in [0.15, 0.2) is 0 Å². The first-order chi connectivity index (χ1) is 12.5. The Bertz CT molecular complexity index is 770. The summed E-state index contributed by atoms with van der Waals surface area (Å²) in [6.45, 7) is 3.40. The second-order valence-electron chi connectivity index (χ2n) is 6.43. The number of para-hydroxylation sites is 1. The van der Waals surface area contributed by atoms with Crippen LogP contribution in [0.3, 0.4) is 0 Å². The third-order valence-electron chi connectivity index (χ3n) is 4.34. The molecule has 1 fully saturated rings. The Balaban J connectivity index is 1.67. The lowest BCUT2D eigenvalue weighted by molar-refractivity contribution is -0.142. The van der Waals surface area contributed by atoms with Crippen molar-refractivity contribution in [2.24, 2.45) is 0 Å². The fraction of sp³-hybridized carbons (Fsp3) is 0.350. The number of carboxylic acid groups (broad SMARTS) is 1. The van der Waals surface area contributed by atoms with Crippen LogP contribution in [0.15, 0.2) is 58.3 Å². The van der Waals surface area contributed by atoms with Gasteiger partial charge in [-0.1, -0.05) is 41.6 Å². The second kappa shape index (κ2) is 8.80. The van der Waals surface area contributed by atoms with Crippen molar-refractivity contribution < 1.29 is 14.6 Å². The molecule has 3 rings (SSSR count). The number of likely N-dealkylation sites (tertiary alicyclic amines) is 1. The predicted octanol–water partition coefficient (Wildman–Crippen LogP) is 4.81. The third kappa shape index (κ3) is 4.93. The van der Waals surface area contributed by atoms with Crippen LogP contribution in [0.4, 0.5) is 0 Å². The second-order valence-corrected chi connectivity index (χ2v) is 7.98. The molecule has 0 spiro atoms. The van der Waals surface area contributed by atoms with Gasteiger partial charge in [0.05, 0.1) is 4.90 Å². The average Bonchev–Trinajstić information content (AvgIpc) is 3.05. The highest BCUT2D eigenvalue weighted by molar-refractivity contribution is 7.99. The number of hydrogen-bond acceptors (Lipinski definition) is 4. The third-order valence-corrected chi connectivity index (χ3v) is 5.62. The molecule has 1 aliphatic heterocycles. The molecule has 0 radical (unpaired) electrons. The van der Waals surface area contributed by atoms with Crippen molar-refractivity contribution in [2.45, 2.75) is 41.7 Å². The van der Waals surface area contributed by atoms with Crippen molar-refractivity contribution in [3.8, 4) is 5.75 Å².